The van der Waals surface area contributed by atoms with E-state index in [1.165, 1.54) is 13.2 Å². The number of fused-ring (bicyclic) bond motifs is 1. The zero-order valence-corrected chi connectivity index (χ0v) is 15.3. The maximum atomic E-state index is 12.5. The molecule has 3 rings (SSSR count). The molecule has 2 heterocycles. The molecule has 9 heteroatoms. The van der Waals surface area contributed by atoms with E-state index in [0.29, 0.717) is 16.7 Å². The Morgan fingerprint density at radius 3 is 2.74 bits per heavy atom. The minimum absolute atomic E-state index is 0.0691. The average Bonchev–Trinajstić information content (AvgIpc) is 3.28. The van der Waals surface area contributed by atoms with Crippen molar-refractivity contribution in [3.63, 3.8) is 0 Å². The maximum absolute atomic E-state index is 12.5. The Labute approximate surface area is 158 Å². The van der Waals surface area contributed by atoms with Crippen LogP contribution in [0.15, 0.2) is 40.1 Å². The topological polar surface area (TPSA) is 107 Å². The Balaban J connectivity index is 1.78. The van der Waals surface area contributed by atoms with Crippen molar-refractivity contribution in [2.45, 2.75) is 6.92 Å². The van der Waals surface area contributed by atoms with Gasteiger partial charge in [-0.3, -0.25) is 14.9 Å². The summed E-state index contributed by atoms with van der Waals surface area (Å²) in [4.78, 5) is 36.1. The van der Waals surface area contributed by atoms with Gasteiger partial charge in [0.05, 0.1) is 19.3 Å². The smallest absolute Gasteiger partial charge is 0.414 e. The predicted octanol–water partition coefficient (Wildman–Crippen LogP) is 3.64. The number of rotatable bonds is 5. The fourth-order valence-corrected chi connectivity index (χ4v) is 3.17. The number of furan rings is 1. The summed E-state index contributed by atoms with van der Waals surface area (Å²) < 4.78 is 15.5. The van der Waals surface area contributed by atoms with Crippen LogP contribution < -0.4 is 15.4 Å². The number of imide groups is 1. The fraction of sp³-hybridized carbons (Fsp3) is 0.167. The van der Waals surface area contributed by atoms with E-state index in [4.69, 9.17) is 9.15 Å². The summed E-state index contributed by atoms with van der Waals surface area (Å²) in [7, 11) is 1.51. The summed E-state index contributed by atoms with van der Waals surface area (Å²) in [6.45, 7) is 1.77. The van der Waals surface area contributed by atoms with Gasteiger partial charge in [-0.15, -0.1) is 11.3 Å². The molecule has 0 spiro atoms. The highest BCUT2D eigenvalue weighted by Crippen LogP contribution is 2.30. The highest BCUT2D eigenvalue weighted by atomic mass is 32.1. The molecule has 0 bridgehead atoms. The molecule has 3 aromatic rings. The van der Waals surface area contributed by atoms with Gasteiger partial charge in [-0.1, -0.05) is 12.1 Å². The summed E-state index contributed by atoms with van der Waals surface area (Å²) in [5, 5.41) is 7.33. The van der Waals surface area contributed by atoms with E-state index in [-0.39, 0.29) is 22.9 Å². The molecule has 140 valence electrons. The van der Waals surface area contributed by atoms with Crippen molar-refractivity contribution in [2.24, 2.45) is 0 Å². The molecular weight excluding hydrogens is 372 g/mol. The summed E-state index contributed by atoms with van der Waals surface area (Å²) in [5.74, 6) is -0.617. The van der Waals surface area contributed by atoms with Crippen molar-refractivity contribution < 1.29 is 28.3 Å². The van der Waals surface area contributed by atoms with Crippen molar-refractivity contribution in [3.8, 4) is 5.75 Å². The number of benzene rings is 1. The molecule has 2 N–H and O–H groups in total. The van der Waals surface area contributed by atoms with Gasteiger partial charge in [0.2, 0.25) is 0 Å². The molecule has 1 aromatic carbocycles. The maximum Gasteiger partial charge on any atom is 0.414 e. The van der Waals surface area contributed by atoms with Crippen LogP contribution in [0, 0.1) is 0 Å². The first-order chi connectivity index (χ1) is 13.0. The number of thiophene rings is 1. The Kier molecular flexibility index (Phi) is 5.41. The molecule has 0 saturated heterocycles. The SMILES string of the molecule is CCOC(=O)NC(=O)c1ccsc1NC(=O)c1cc2cccc(OC)c2o1. The summed E-state index contributed by atoms with van der Waals surface area (Å²) in [5.41, 5.74) is 0.603. The number of methoxy groups -OCH3 is 1. The van der Waals surface area contributed by atoms with Crippen LogP contribution in [0.4, 0.5) is 9.80 Å². The summed E-state index contributed by atoms with van der Waals surface area (Å²) in [6, 6.07) is 8.39. The van der Waals surface area contributed by atoms with E-state index >= 15 is 0 Å². The number of nitrogens with one attached hydrogen (secondary N) is 2. The first kappa shape index (κ1) is 18.5. The van der Waals surface area contributed by atoms with E-state index in [2.05, 4.69) is 15.4 Å². The Morgan fingerprint density at radius 1 is 1.19 bits per heavy atom. The lowest BCUT2D eigenvalue weighted by Crippen LogP contribution is -2.31. The first-order valence-corrected chi connectivity index (χ1v) is 8.85. The number of carbonyl (C=O) groups is 3. The highest BCUT2D eigenvalue weighted by Gasteiger charge is 2.20. The third kappa shape index (κ3) is 3.93. The Bertz CT molecular complexity index is 1010. The average molecular weight is 388 g/mol. The molecule has 8 nitrogen and oxygen atoms in total. The lowest BCUT2D eigenvalue weighted by molar-refractivity contribution is 0.0926. The van der Waals surface area contributed by atoms with E-state index in [0.717, 1.165) is 11.3 Å². The number of hydrogen-bond donors (Lipinski definition) is 2. The van der Waals surface area contributed by atoms with Gasteiger partial charge in [-0.2, -0.15) is 0 Å². The van der Waals surface area contributed by atoms with Crippen LogP contribution in [0.3, 0.4) is 0 Å². The molecule has 0 aliphatic rings. The van der Waals surface area contributed by atoms with Gasteiger partial charge in [0.15, 0.2) is 17.1 Å². The summed E-state index contributed by atoms with van der Waals surface area (Å²) >= 11 is 1.14. The number of ether oxygens (including phenoxy) is 2. The predicted molar refractivity (Wildman–Crippen MR) is 99.5 cm³/mol. The van der Waals surface area contributed by atoms with Crippen LogP contribution in [0.25, 0.3) is 11.0 Å². The largest absolute Gasteiger partial charge is 0.493 e. The molecule has 27 heavy (non-hydrogen) atoms. The van der Waals surface area contributed by atoms with Crippen LogP contribution in [-0.4, -0.2) is 31.6 Å². The molecule has 0 saturated carbocycles. The van der Waals surface area contributed by atoms with Gasteiger partial charge < -0.3 is 19.2 Å². The number of amides is 3. The summed E-state index contributed by atoms with van der Waals surface area (Å²) in [6.07, 6.45) is -0.852. The number of anilines is 1. The lowest BCUT2D eigenvalue weighted by atomic mass is 10.2. The minimum atomic E-state index is -0.852. The third-order valence-electron chi connectivity index (χ3n) is 3.58. The van der Waals surface area contributed by atoms with E-state index in [1.54, 1.807) is 36.6 Å². The molecule has 0 fully saturated rings. The quantitative estimate of drug-likeness (QED) is 0.691. The molecule has 0 aliphatic carbocycles. The van der Waals surface area contributed by atoms with Crippen molar-refractivity contribution in [3.05, 3.63) is 47.0 Å². The monoisotopic (exact) mass is 388 g/mol. The zero-order valence-electron chi connectivity index (χ0n) is 14.5. The second kappa shape index (κ2) is 7.92. The fourth-order valence-electron chi connectivity index (χ4n) is 2.39. The standard InChI is InChI=1S/C18H16N2O6S/c1-3-25-18(23)20-15(21)11-7-8-27-17(11)19-16(22)13-9-10-5-4-6-12(24-2)14(10)26-13/h4-9H,3H2,1-2H3,(H,19,22)(H,20,21,23). The number of hydrogen-bond acceptors (Lipinski definition) is 7. The van der Waals surface area contributed by atoms with E-state index in [9.17, 15) is 14.4 Å². The van der Waals surface area contributed by atoms with Gasteiger partial charge in [0.1, 0.15) is 5.00 Å². The number of carbonyl (C=O) groups excluding carboxylic acids is 3. The molecule has 0 radical (unpaired) electrons. The van der Waals surface area contributed by atoms with Crippen molar-refractivity contribution in [2.75, 3.05) is 19.0 Å². The normalized spacial score (nSPS) is 10.4. The van der Waals surface area contributed by atoms with Crippen molar-refractivity contribution in [1.82, 2.24) is 5.32 Å². The van der Waals surface area contributed by atoms with Crippen LogP contribution in [0.5, 0.6) is 5.75 Å². The van der Waals surface area contributed by atoms with Crippen LogP contribution in [0.1, 0.15) is 27.8 Å². The zero-order chi connectivity index (χ0) is 19.4. The lowest BCUT2D eigenvalue weighted by Gasteiger charge is -2.06. The molecule has 2 aromatic heterocycles. The van der Waals surface area contributed by atoms with Gasteiger partial charge in [-0.05, 0) is 30.5 Å². The minimum Gasteiger partial charge on any atom is -0.493 e. The second-order valence-corrected chi connectivity index (χ2v) is 6.20. The van der Waals surface area contributed by atoms with E-state index < -0.39 is 17.9 Å². The van der Waals surface area contributed by atoms with Gasteiger partial charge in [-0.25, -0.2) is 4.79 Å². The van der Waals surface area contributed by atoms with Gasteiger partial charge >= 0.3 is 6.09 Å². The molecular formula is C18H16N2O6S. The molecule has 0 aliphatic heterocycles. The highest BCUT2D eigenvalue weighted by molar-refractivity contribution is 7.14. The van der Waals surface area contributed by atoms with Crippen molar-refractivity contribution in [1.29, 1.82) is 0 Å². The molecule has 3 amide bonds. The van der Waals surface area contributed by atoms with Crippen LogP contribution >= 0.6 is 11.3 Å². The van der Waals surface area contributed by atoms with Crippen molar-refractivity contribution >= 4 is 45.2 Å². The Hall–Kier alpha value is -3.33. The van der Waals surface area contributed by atoms with Crippen LogP contribution in [0.2, 0.25) is 0 Å². The van der Waals surface area contributed by atoms with Crippen LogP contribution in [-0.2, 0) is 4.74 Å². The van der Waals surface area contributed by atoms with E-state index in [1.807, 2.05) is 0 Å². The second-order valence-electron chi connectivity index (χ2n) is 5.28. The van der Waals surface area contributed by atoms with Gasteiger partial charge in [0, 0.05) is 5.39 Å². The number of alkyl carbamates (subject to hydrolysis) is 1. The first-order valence-electron chi connectivity index (χ1n) is 7.97. The molecule has 0 unspecified atom stereocenters. The van der Waals surface area contributed by atoms with Gasteiger partial charge in [0.25, 0.3) is 11.8 Å². The number of para-hydroxylation sites is 1. The Morgan fingerprint density at radius 2 is 2.00 bits per heavy atom. The third-order valence-corrected chi connectivity index (χ3v) is 4.41. The molecule has 0 atom stereocenters.